The summed E-state index contributed by atoms with van der Waals surface area (Å²) in [5.41, 5.74) is -0.0957. The number of hydrogen-bond donors (Lipinski definition) is 1. The lowest BCUT2D eigenvalue weighted by Gasteiger charge is -2.12. The smallest absolute Gasteiger partial charge is 0.265 e. The van der Waals surface area contributed by atoms with Crippen LogP contribution >= 0.6 is 11.6 Å². The van der Waals surface area contributed by atoms with Gasteiger partial charge in [0.1, 0.15) is 0 Å². The molecule has 4 heteroatoms. The SMILES string of the molecule is CC(O)c1cccc(Cl)c1C(F)F. The Bertz CT molecular complexity index is 300. The molecule has 0 bridgehead atoms. The molecule has 1 rings (SSSR count). The second-order valence-electron chi connectivity index (χ2n) is 2.72. The minimum absolute atomic E-state index is 0.00611. The van der Waals surface area contributed by atoms with Crippen LogP contribution in [0.1, 0.15) is 30.6 Å². The Morgan fingerprint density at radius 3 is 2.38 bits per heavy atom. The Kier molecular flexibility index (Phi) is 3.22. The normalized spacial score (nSPS) is 13.4. The molecule has 0 fully saturated rings. The average Bonchev–Trinajstić information content (AvgIpc) is 2.02. The molecule has 0 spiro atoms. The molecule has 0 aromatic heterocycles. The fourth-order valence-electron chi connectivity index (χ4n) is 1.15. The van der Waals surface area contributed by atoms with Gasteiger partial charge in [0.05, 0.1) is 6.10 Å². The summed E-state index contributed by atoms with van der Waals surface area (Å²) in [6, 6.07) is 4.36. The van der Waals surface area contributed by atoms with Crippen molar-refractivity contribution in [1.29, 1.82) is 0 Å². The van der Waals surface area contributed by atoms with Crippen LogP contribution in [0.15, 0.2) is 18.2 Å². The molecule has 0 aliphatic heterocycles. The molecule has 1 nitrogen and oxygen atoms in total. The van der Waals surface area contributed by atoms with Crippen LogP contribution in [0.2, 0.25) is 5.02 Å². The molecule has 13 heavy (non-hydrogen) atoms. The third-order valence-electron chi connectivity index (χ3n) is 1.75. The van der Waals surface area contributed by atoms with E-state index in [1.807, 2.05) is 0 Å². The molecule has 1 atom stereocenters. The van der Waals surface area contributed by atoms with Crippen LogP contribution in [0, 0.1) is 0 Å². The van der Waals surface area contributed by atoms with Gasteiger partial charge in [-0.05, 0) is 18.6 Å². The van der Waals surface area contributed by atoms with Crippen molar-refractivity contribution in [1.82, 2.24) is 0 Å². The van der Waals surface area contributed by atoms with Gasteiger partial charge in [-0.1, -0.05) is 23.7 Å². The summed E-state index contributed by atoms with van der Waals surface area (Å²) in [6.45, 7) is 1.43. The van der Waals surface area contributed by atoms with E-state index in [0.29, 0.717) is 0 Å². The zero-order valence-electron chi connectivity index (χ0n) is 6.97. The number of aliphatic hydroxyl groups excluding tert-OH is 1. The monoisotopic (exact) mass is 206 g/mol. The third-order valence-corrected chi connectivity index (χ3v) is 2.08. The maximum atomic E-state index is 12.5. The predicted octanol–water partition coefficient (Wildman–Crippen LogP) is 3.33. The van der Waals surface area contributed by atoms with E-state index < -0.39 is 12.5 Å². The van der Waals surface area contributed by atoms with Crippen LogP contribution in [0.5, 0.6) is 0 Å². The van der Waals surface area contributed by atoms with Gasteiger partial charge >= 0.3 is 0 Å². The number of halogens is 3. The largest absolute Gasteiger partial charge is 0.389 e. The molecule has 1 aromatic carbocycles. The minimum Gasteiger partial charge on any atom is -0.389 e. The molecule has 0 amide bonds. The van der Waals surface area contributed by atoms with E-state index in [0.717, 1.165) is 0 Å². The molecule has 0 radical (unpaired) electrons. The van der Waals surface area contributed by atoms with Crippen molar-refractivity contribution in [2.24, 2.45) is 0 Å². The molecule has 1 aromatic rings. The second-order valence-corrected chi connectivity index (χ2v) is 3.13. The highest BCUT2D eigenvalue weighted by atomic mass is 35.5. The quantitative estimate of drug-likeness (QED) is 0.787. The van der Waals surface area contributed by atoms with Crippen LogP contribution in [-0.4, -0.2) is 5.11 Å². The van der Waals surface area contributed by atoms with Gasteiger partial charge in [0, 0.05) is 10.6 Å². The highest BCUT2D eigenvalue weighted by molar-refractivity contribution is 6.31. The zero-order valence-corrected chi connectivity index (χ0v) is 7.72. The Morgan fingerprint density at radius 1 is 1.38 bits per heavy atom. The van der Waals surface area contributed by atoms with Gasteiger partial charge in [-0.2, -0.15) is 0 Å². The average molecular weight is 207 g/mol. The highest BCUT2D eigenvalue weighted by Crippen LogP contribution is 2.33. The summed E-state index contributed by atoms with van der Waals surface area (Å²) in [5.74, 6) is 0. The van der Waals surface area contributed by atoms with Gasteiger partial charge < -0.3 is 5.11 Å². The standard InChI is InChI=1S/C9H9ClF2O/c1-5(13)6-3-2-4-7(10)8(6)9(11)12/h2-5,9,13H,1H3. The summed E-state index contributed by atoms with van der Waals surface area (Å²) < 4.78 is 24.9. The van der Waals surface area contributed by atoms with Gasteiger partial charge in [0.2, 0.25) is 0 Å². The van der Waals surface area contributed by atoms with Crippen molar-refractivity contribution < 1.29 is 13.9 Å². The van der Waals surface area contributed by atoms with Crippen LogP contribution in [0.4, 0.5) is 8.78 Å². The molecule has 1 N–H and O–H groups in total. The third kappa shape index (κ3) is 2.17. The lowest BCUT2D eigenvalue weighted by Crippen LogP contribution is -1.99. The minimum atomic E-state index is -2.65. The van der Waals surface area contributed by atoms with Crippen molar-refractivity contribution in [3.63, 3.8) is 0 Å². The number of hydrogen-bond acceptors (Lipinski definition) is 1. The van der Waals surface area contributed by atoms with Crippen LogP contribution < -0.4 is 0 Å². The second kappa shape index (κ2) is 4.03. The maximum Gasteiger partial charge on any atom is 0.265 e. The molecule has 0 saturated heterocycles. The maximum absolute atomic E-state index is 12.5. The number of aliphatic hydroxyl groups is 1. The van der Waals surface area contributed by atoms with E-state index in [2.05, 4.69) is 0 Å². The van der Waals surface area contributed by atoms with Gasteiger partial charge in [0.15, 0.2) is 0 Å². The van der Waals surface area contributed by atoms with Crippen LogP contribution in [0.25, 0.3) is 0 Å². The van der Waals surface area contributed by atoms with Crippen LogP contribution in [-0.2, 0) is 0 Å². The Hall–Kier alpha value is -0.670. The molecule has 0 aliphatic carbocycles. The van der Waals surface area contributed by atoms with Crippen LogP contribution in [0.3, 0.4) is 0 Å². The number of rotatable bonds is 2. The van der Waals surface area contributed by atoms with E-state index in [-0.39, 0.29) is 16.1 Å². The fraction of sp³-hybridized carbons (Fsp3) is 0.333. The summed E-state index contributed by atoms with van der Waals surface area (Å²) in [4.78, 5) is 0. The van der Waals surface area contributed by atoms with E-state index in [1.54, 1.807) is 0 Å². The van der Waals surface area contributed by atoms with E-state index in [9.17, 15) is 13.9 Å². The molecular weight excluding hydrogens is 198 g/mol. The van der Waals surface area contributed by atoms with Gasteiger partial charge in [-0.3, -0.25) is 0 Å². The summed E-state index contributed by atoms with van der Waals surface area (Å²) >= 11 is 5.58. The Balaban J connectivity index is 3.26. The van der Waals surface area contributed by atoms with E-state index in [1.165, 1.54) is 25.1 Å². The first kappa shape index (κ1) is 10.4. The van der Waals surface area contributed by atoms with Gasteiger partial charge in [-0.25, -0.2) is 8.78 Å². The molecule has 72 valence electrons. The fourth-order valence-corrected chi connectivity index (χ4v) is 1.41. The van der Waals surface area contributed by atoms with Crippen molar-refractivity contribution >= 4 is 11.6 Å². The van der Waals surface area contributed by atoms with Crippen molar-refractivity contribution in [2.45, 2.75) is 19.5 Å². The molecule has 1 unspecified atom stereocenters. The van der Waals surface area contributed by atoms with Crippen molar-refractivity contribution in [2.75, 3.05) is 0 Å². The summed E-state index contributed by atoms with van der Waals surface area (Å²) in [6.07, 6.45) is -3.58. The first-order chi connectivity index (χ1) is 6.04. The molecule has 0 heterocycles. The molecular formula is C9H9ClF2O. The predicted molar refractivity (Wildman–Crippen MR) is 47.0 cm³/mol. The highest BCUT2D eigenvalue weighted by Gasteiger charge is 2.18. The van der Waals surface area contributed by atoms with Gasteiger partial charge in [0.25, 0.3) is 6.43 Å². The topological polar surface area (TPSA) is 20.2 Å². The lowest BCUT2D eigenvalue weighted by atomic mass is 10.0. The first-order valence-electron chi connectivity index (χ1n) is 3.78. The summed E-state index contributed by atoms with van der Waals surface area (Å²) in [5, 5.41) is 9.18. The molecule has 0 saturated carbocycles. The Labute approximate surface area is 80.0 Å². The van der Waals surface area contributed by atoms with E-state index in [4.69, 9.17) is 11.6 Å². The van der Waals surface area contributed by atoms with E-state index >= 15 is 0 Å². The Morgan fingerprint density at radius 2 is 2.00 bits per heavy atom. The lowest BCUT2D eigenvalue weighted by molar-refractivity contribution is 0.140. The van der Waals surface area contributed by atoms with Gasteiger partial charge in [-0.15, -0.1) is 0 Å². The first-order valence-corrected chi connectivity index (χ1v) is 4.16. The number of benzene rings is 1. The van der Waals surface area contributed by atoms with Crippen molar-refractivity contribution in [3.8, 4) is 0 Å². The van der Waals surface area contributed by atoms with Crippen molar-refractivity contribution in [3.05, 3.63) is 34.3 Å². The molecule has 0 aliphatic rings. The summed E-state index contributed by atoms with van der Waals surface area (Å²) in [7, 11) is 0. The zero-order chi connectivity index (χ0) is 10.0. The number of alkyl halides is 2.